The Kier molecular flexibility index (Phi) is 5.08. The number of rotatable bonds is 5. The number of amides is 1. The minimum absolute atomic E-state index is 0.0997. The first-order valence-corrected chi connectivity index (χ1v) is 3.94. The smallest absolute Gasteiger partial charge is 0.328 e. The van der Waals surface area contributed by atoms with E-state index in [-0.39, 0.29) is 5.92 Å². The number of hydrogen-bond donors (Lipinski definition) is 1. The lowest BCUT2D eigenvalue weighted by atomic mass is 10.00. The highest BCUT2D eigenvalue weighted by atomic mass is 16.5. The van der Waals surface area contributed by atoms with E-state index < -0.39 is 12.0 Å². The van der Waals surface area contributed by atoms with Crippen LogP contribution in [0.5, 0.6) is 0 Å². The molecule has 4 nitrogen and oxygen atoms in total. The highest BCUT2D eigenvalue weighted by molar-refractivity contribution is 5.78. The van der Waals surface area contributed by atoms with Crippen LogP contribution in [0.1, 0.15) is 20.3 Å². The molecular formula is C8H15NO3. The van der Waals surface area contributed by atoms with Crippen LogP contribution in [0.15, 0.2) is 0 Å². The molecule has 0 saturated carbocycles. The number of carbonyl (C=O) groups excluding carboxylic acids is 2. The summed E-state index contributed by atoms with van der Waals surface area (Å²) in [4.78, 5) is 21.2. The first-order valence-electron chi connectivity index (χ1n) is 3.94. The molecule has 0 radical (unpaired) electrons. The summed E-state index contributed by atoms with van der Waals surface area (Å²) in [6, 6.07) is -0.516. The molecule has 0 aromatic rings. The summed E-state index contributed by atoms with van der Waals surface area (Å²) in [7, 11) is 1.31. The van der Waals surface area contributed by atoms with Crippen LogP contribution in [0.25, 0.3) is 0 Å². The van der Waals surface area contributed by atoms with Gasteiger partial charge in [0.15, 0.2) is 0 Å². The molecule has 1 amide bonds. The van der Waals surface area contributed by atoms with Crippen molar-refractivity contribution in [2.45, 2.75) is 26.3 Å². The summed E-state index contributed by atoms with van der Waals surface area (Å²) in [5, 5.41) is 2.43. The molecule has 0 aliphatic heterocycles. The van der Waals surface area contributed by atoms with E-state index in [4.69, 9.17) is 0 Å². The molecule has 0 bridgehead atoms. The lowest BCUT2D eigenvalue weighted by Gasteiger charge is -2.19. The molecule has 0 aromatic carbocycles. The van der Waals surface area contributed by atoms with E-state index in [1.54, 1.807) is 0 Å². The lowest BCUT2D eigenvalue weighted by Crippen LogP contribution is -2.41. The van der Waals surface area contributed by atoms with Crippen molar-refractivity contribution in [3.8, 4) is 0 Å². The van der Waals surface area contributed by atoms with E-state index in [1.165, 1.54) is 7.11 Å². The Labute approximate surface area is 72.3 Å². The molecule has 0 saturated heterocycles. The van der Waals surface area contributed by atoms with E-state index in [2.05, 4.69) is 10.1 Å². The van der Waals surface area contributed by atoms with Crippen LogP contribution in [-0.4, -0.2) is 25.5 Å². The van der Waals surface area contributed by atoms with Gasteiger partial charge in [0.2, 0.25) is 6.41 Å². The zero-order valence-corrected chi connectivity index (χ0v) is 7.66. The van der Waals surface area contributed by atoms with Gasteiger partial charge in [-0.25, -0.2) is 4.79 Å². The highest BCUT2D eigenvalue weighted by Crippen LogP contribution is 2.08. The molecule has 70 valence electrons. The lowest BCUT2D eigenvalue weighted by molar-refractivity contribution is -0.145. The number of ether oxygens (including phenoxy) is 1. The predicted molar refractivity (Wildman–Crippen MR) is 44.5 cm³/mol. The molecule has 2 atom stereocenters. The van der Waals surface area contributed by atoms with E-state index in [0.29, 0.717) is 6.41 Å². The summed E-state index contributed by atoms with van der Waals surface area (Å²) in [6.45, 7) is 3.84. The fourth-order valence-corrected chi connectivity index (χ4v) is 0.901. The molecule has 0 aromatic heterocycles. The predicted octanol–water partition coefficient (Wildman–Crippen LogP) is 0.320. The summed E-state index contributed by atoms with van der Waals surface area (Å²) >= 11 is 0. The monoisotopic (exact) mass is 173 g/mol. The van der Waals surface area contributed by atoms with Gasteiger partial charge in [0, 0.05) is 0 Å². The Morgan fingerprint density at radius 1 is 1.67 bits per heavy atom. The summed E-state index contributed by atoms with van der Waals surface area (Å²) in [6.07, 6.45) is 1.34. The van der Waals surface area contributed by atoms with Gasteiger partial charge in [-0.1, -0.05) is 20.3 Å². The second-order valence-electron chi connectivity index (χ2n) is 2.67. The zero-order valence-electron chi connectivity index (χ0n) is 7.66. The third kappa shape index (κ3) is 2.90. The first kappa shape index (κ1) is 10.9. The third-order valence-corrected chi connectivity index (χ3v) is 1.92. The van der Waals surface area contributed by atoms with Crippen molar-refractivity contribution in [3.63, 3.8) is 0 Å². The molecule has 0 spiro atoms. The van der Waals surface area contributed by atoms with Crippen molar-refractivity contribution < 1.29 is 14.3 Å². The average molecular weight is 173 g/mol. The second kappa shape index (κ2) is 5.57. The van der Waals surface area contributed by atoms with Crippen molar-refractivity contribution >= 4 is 12.4 Å². The van der Waals surface area contributed by atoms with Gasteiger partial charge in [0.25, 0.3) is 0 Å². The number of esters is 1. The van der Waals surface area contributed by atoms with E-state index in [0.717, 1.165) is 6.42 Å². The van der Waals surface area contributed by atoms with Crippen LogP contribution in [-0.2, 0) is 14.3 Å². The Hall–Kier alpha value is -1.06. The number of methoxy groups -OCH3 is 1. The number of carbonyl (C=O) groups is 2. The van der Waals surface area contributed by atoms with E-state index in [9.17, 15) is 9.59 Å². The summed E-state index contributed by atoms with van der Waals surface area (Å²) < 4.78 is 4.53. The number of hydrogen-bond acceptors (Lipinski definition) is 3. The molecule has 0 heterocycles. The Bertz CT molecular complexity index is 158. The van der Waals surface area contributed by atoms with Crippen molar-refractivity contribution in [2.75, 3.05) is 7.11 Å². The molecule has 0 rings (SSSR count). The fraction of sp³-hybridized carbons (Fsp3) is 0.750. The van der Waals surface area contributed by atoms with Gasteiger partial charge >= 0.3 is 5.97 Å². The molecular weight excluding hydrogens is 158 g/mol. The maximum absolute atomic E-state index is 11.1. The van der Waals surface area contributed by atoms with Crippen molar-refractivity contribution in [3.05, 3.63) is 0 Å². The van der Waals surface area contributed by atoms with Gasteiger partial charge in [-0.05, 0) is 5.92 Å². The van der Waals surface area contributed by atoms with Crippen LogP contribution in [0.3, 0.4) is 0 Å². The van der Waals surface area contributed by atoms with Crippen molar-refractivity contribution in [2.24, 2.45) is 5.92 Å². The molecule has 0 aliphatic rings. The minimum Gasteiger partial charge on any atom is -0.467 e. The topological polar surface area (TPSA) is 55.4 Å². The first-order chi connectivity index (χ1) is 5.67. The Balaban J connectivity index is 4.20. The SMILES string of the molecule is CC[C@H](C)[C@@H](NC=O)C(=O)OC. The molecule has 4 heteroatoms. The zero-order chi connectivity index (χ0) is 9.56. The third-order valence-electron chi connectivity index (χ3n) is 1.92. The quantitative estimate of drug-likeness (QED) is 0.481. The second-order valence-corrected chi connectivity index (χ2v) is 2.67. The van der Waals surface area contributed by atoms with Gasteiger partial charge in [-0.2, -0.15) is 0 Å². The maximum atomic E-state index is 11.1. The van der Waals surface area contributed by atoms with Gasteiger partial charge in [-0.15, -0.1) is 0 Å². The largest absolute Gasteiger partial charge is 0.467 e. The Morgan fingerprint density at radius 2 is 2.25 bits per heavy atom. The summed E-state index contributed by atoms with van der Waals surface area (Å²) in [5.74, 6) is -0.293. The van der Waals surface area contributed by atoms with Gasteiger partial charge in [0.05, 0.1) is 7.11 Å². The van der Waals surface area contributed by atoms with Gasteiger partial charge in [0.1, 0.15) is 6.04 Å². The summed E-state index contributed by atoms with van der Waals surface area (Å²) in [5.41, 5.74) is 0. The van der Waals surface area contributed by atoms with Crippen LogP contribution >= 0.6 is 0 Å². The normalized spacial score (nSPS) is 14.6. The van der Waals surface area contributed by atoms with Crippen LogP contribution in [0.2, 0.25) is 0 Å². The number of nitrogens with one attached hydrogen (secondary N) is 1. The van der Waals surface area contributed by atoms with E-state index >= 15 is 0 Å². The average Bonchev–Trinajstić information content (AvgIpc) is 2.11. The van der Waals surface area contributed by atoms with Crippen LogP contribution < -0.4 is 5.32 Å². The van der Waals surface area contributed by atoms with Crippen molar-refractivity contribution in [1.82, 2.24) is 5.32 Å². The molecule has 12 heavy (non-hydrogen) atoms. The minimum atomic E-state index is -0.516. The molecule has 1 N–H and O–H groups in total. The Morgan fingerprint density at radius 3 is 2.58 bits per heavy atom. The maximum Gasteiger partial charge on any atom is 0.328 e. The highest BCUT2D eigenvalue weighted by Gasteiger charge is 2.23. The van der Waals surface area contributed by atoms with E-state index in [1.807, 2.05) is 13.8 Å². The van der Waals surface area contributed by atoms with Crippen molar-refractivity contribution in [1.29, 1.82) is 0 Å². The molecule has 0 fully saturated rings. The molecule has 0 unspecified atom stereocenters. The standard InChI is InChI=1S/C8H15NO3/c1-4-6(2)7(9-5-10)8(11)12-3/h5-7H,4H2,1-3H3,(H,9,10)/t6-,7+/m0/s1. The van der Waals surface area contributed by atoms with Crippen LogP contribution in [0, 0.1) is 5.92 Å². The van der Waals surface area contributed by atoms with Gasteiger partial charge in [-0.3, -0.25) is 4.79 Å². The van der Waals surface area contributed by atoms with Gasteiger partial charge < -0.3 is 10.1 Å². The van der Waals surface area contributed by atoms with Crippen LogP contribution in [0.4, 0.5) is 0 Å². The molecule has 0 aliphatic carbocycles. The fourth-order valence-electron chi connectivity index (χ4n) is 0.901.